The van der Waals surface area contributed by atoms with Crippen molar-refractivity contribution in [2.24, 2.45) is 0 Å². The molecule has 6 rings (SSSR count). The van der Waals surface area contributed by atoms with Crippen molar-refractivity contribution >= 4 is 55.4 Å². The zero-order valence-corrected chi connectivity index (χ0v) is 28.6. The monoisotopic (exact) mass is 678 g/mol. The predicted octanol–water partition coefficient (Wildman–Crippen LogP) is 7.27. The normalized spacial score (nSPS) is 18.3. The second-order valence-electron chi connectivity index (χ2n) is 14.1. The molecule has 0 radical (unpaired) electrons. The molecule has 1 fully saturated rings. The Balaban J connectivity index is 1.43. The number of aromatic nitrogens is 2. The zero-order chi connectivity index (χ0) is 34.9. The molecule has 0 spiro atoms. The summed E-state index contributed by atoms with van der Waals surface area (Å²) in [5, 5.41) is 17.8. The van der Waals surface area contributed by atoms with Crippen LogP contribution in [-0.4, -0.2) is 74.0 Å². The summed E-state index contributed by atoms with van der Waals surface area (Å²) in [4.78, 5) is 43.1. The Morgan fingerprint density at radius 3 is 2.44 bits per heavy atom. The average molecular weight is 679 g/mol. The maximum absolute atomic E-state index is 16.4. The average Bonchev–Trinajstić information content (AvgIpc) is 3.55. The second-order valence-corrected chi connectivity index (χ2v) is 15.2. The van der Waals surface area contributed by atoms with Crippen LogP contribution in [0.3, 0.4) is 0 Å². The maximum atomic E-state index is 16.4. The van der Waals surface area contributed by atoms with Crippen LogP contribution >= 0.6 is 11.3 Å². The summed E-state index contributed by atoms with van der Waals surface area (Å²) in [6.07, 6.45) is 0.670. The van der Waals surface area contributed by atoms with Gasteiger partial charge in [-0.15, -0.1) is 11.3 Å². The minimum atomic E-state index is -0.820. The van der Waals surface area contributed by atoms with Crippen LogP contribution in [0.15, 0.2) is 24.4 Å². The highest BCUT2D eigenvalue weighted by Crippen LogP contribution is 2.45. The van der Waals surface area contributed by atoms with Gasteiger partial charge >= 0.3 is 12.2 Å². The highest BCUT2D eigenvalue weighted by Gasteiger charge is 2.41. The number of nitrogens with zero attached hydrogens (tertiary/aromatic N) is 5. The number of anilines is 1. The molecule has 252 valence electrons. The number of rotatable bonds is 2. The number of hydrogen-bond acceptors (Lipinski definition) is 8. The van der Waals surface area contributed by atoms with Crippen LogP contribution in [0, 0.1) is 23.0 Å². The van der Waals surface area contributed by atoms with Crippen LogP contribution < -0.4 is 5.32 Å². The Kier molecular flexibility index (Phi) is 8.10. The van der Waals surface area contributed by atoms with Gasteiger partial charge in [-0.05, 0) is 72.6 Å². The van der Waals surface area contributed by atoms with E-state index in [0.29, 0.717) is 23.9 Å². The van der Waals surface area contributed by atoms with E-state index in [0.717, 1.165) is 11.3 Å². The van der Waals surface area contributed by atoms with Crippen molar-refractivity contribution in [1.82, 2.24) is 19.6 Å². The Bertz CT molecular complexity index is 2040. The number of piperazine rings is 1. The van der Waals surface area contributed by atoms with Crippen LogP contribution in [0.25, 0.3) is 32.1 Å². The molecular formula is C34H36F2N6O5S. The van der Waals surface area contributed by atoms with Gasteiger partial charge in [0.2, 0.25) is 0 Å². The summed E-state index contributed by atoms with van der Waals surface area (Å²) in [6, 6.07) is 5.08. The number of fused-ring (bicyclic) bond motifs is 2. The van der Waals surface area contributed by atoms with Crippen molar-refractivity contribution in [3.8, 4) is 17.2 Å². The van der Waals surface area contributed by atoms with Gasteiger partial charge in [0.1, 0.15) is 33.9 Å². The Labute approximate surface area is 280 Å². The van der Waals surface area contributed by atoms with Gasteiger partial charge in [-0.3, -0.25) is 14.8 Å². The van der Waals surface area contributed by atoms with Crippen molar-refractivity contribution in [3.05, 3.63) is 47.2 Å². The standard InChI is InChI=1S/C34H36F2N6O5S/c1-17-15-41-18(16-40(17)32(45)47-34(5,6)7)10-11-42-27-20(30(41)43)12-24(36)25(22(27)14-38-42)19-8-9-23(35)28-26(19)21(13-37)29(48-28)39-31(44)46-33(2,3)4/h8-9,12,14,17-18H,10-11,15-16H2,1-7H3,(H,39,44). The lowest BCUT2D eigenvalue weighted by Crippen LogP contribution is -2.61. The van der Waals surface area contributed by atoms with E-state index < -0.39 is 40.9 Å². The van der Waals surface area contributed by atoms with Crippen LogP contribution in [0.5, 0.6) is 0 Å². The summed E-state index contributed by atoms with van der Waals surface area (Å²) in [6.45, 7) is 13.1. The first-order valence-corrected chi connectivity index (χ1v) is 16.4. The number of thiophene rings is 1. The number of carbonyl (C=O) groups excluding carboxylic acids is 3. The van der Waals surface area contributed by atoms with E-state index in [1.165, 1.54) is 24.4 Å². The molecule has 0 bridgehead atoms. The number of halogens is 2. The summed E-state index contributed by atoms with van der Waals surface area (Å²) in [7, 11) is 0. The van der Waals surface area contributed by atoms with Crippen molar-refractivity contribution < 1.29 is 32.6 Å². The van der Waals surface area contributed by atoms with Gasteiger partial charge in [0.15, 0.2) is 0 Å². The van der Waals surface area contributed by atoms with Crippen molar-refractivity contribution in [2.45, 2.75) is 84.7 Å². The fourth-order valence-electron chi connectivity index (χ4n) is 6.36. The minimum Gasteiger partial charge on any atom is -0.444 e. The van der Waals surface area contributed by atoms with Gasteiger partial charge in [0, 0.05) is 42.0 Å². The number of benzene rings is 2. The van der Waals surface area contributed by atoms with Gasteiger partial charge < -0.3 is 19.3 Å². The lowest BCUT2D eigenvalue weighted by atomic mass is 9.93. The predicted molar refractivity (Wildman–Crippen MR) is 177 cm³/mol. The molecule has 2 aromatic carbocycles. The second kappa shape index (κ2) is 11.7. The summed E-state index contributed by atoms with van der Waals surface area (Å²) in [5.74, 6) is -1.80. The van der Waals surface area contributed by atoms with Gasteiger partial charge in [0.05, 0.1) is 33.6 Å². The Hall–Kier alpha value is -4.77. The molecule has 14 heteroatoms. The maximum Gasteiger partial charge on any atom is 0.412 e. The van der Waals surface area contributed by atoms with Gasteiger partial charge in [-0.25, -0.2) is 18.4 Å². The lowest BCUT2D eigenvalue weighted by Gasteiger charge is -2.46. The fraction of sp³-hybridized carbons (Fsp3) is 0.441. The SMILES string of the molecule is CC1CN2C(=O)c3cc(F)c(-c4ccc(F)c5sc(NC(=O)OC(C)(C)C)c(C#N)c45)c4cnn(c34)CCC2CN1C(=O)OC(C)(C)C. The fourth-order valence-corrected chi connectivity index (χ4v) is 7.43. The molecule has 0 aliphatic carbocycles. The zero-order valence-electron chi connectivity index (χ0n) is 27.7. The lowest BCUT2D eigenvalue weighted by molar-refractivity contribution is -0.0119. The molecular weight excluding hydrogens is 642 g/mol. The smallest absolute Gasteiger partial charge is 0.412 e. The first-order valence-electron chi connectivity index (χ1n) is 15.6. The van der Waals surface area contributed by atoms with Crippen molar-refractivity contribution in [2.75, 3.05) is 18.4 Å². The molecule has 2 aromatic heterocycles. The molecule has 3 amide bonds. The third-order valence-electron chi connectivity index (χ3n) is 8.29. The summed E-state index contributed by atoms with van der Waals surface area (Å²) in [5.41, 5.74) is -0.745. The van der Waals surface area contributed by atoms with Crippen molar-refractivity contribution in [3.63, 3.8) is 0 Å². The van der Waals surface area contributed by atoms with Crippen LogP contribution in [0.1, 0.15) is 70.8 Å². The number of nitrogens with one attached hydrogen (secondary N) is 1. The largest absolute Gasteiger partial charge is 0.444 e. The topological polar surface area (TPSA) is 130 Å². The van der Waals surface area contributed by atoms with E-state index in [1.807, 2.05) is 13.0 Å². The quantitative estimate of drug-likeness (QED) is 0.236. The van der Waals surface area contributed by atoms with Gasteiger partial charge in [-0.1, -0.05) is 6.07 Å². The van der Waals surface area contributed by atoms with E-state index in [1.54, 1.807) is 56.0 Å². The molecule has 2 aliphatic rings. The first kappa shape index (κ1) is 33.1. The molecule has 11 nitrogen and oxygen atoms in total. The molecule has 2 unspecified atom stereocenters. The van der Waals surface area contributed by atoms with Crippen LogP contribution in [-0.2, 0) is 16.0 Å². The third kappa shape index (κ3) is 5.91. The molecule has 2 atom stereocenters. The molecule has 48 heavy (non-hydrogen) atoms. The van der Waals surface area contributed by atoms with Crippen molar-refractivity contribution in [1.29, 1.82) is 5.26 Å². The van der Waals surface area contributed by atoms with E-state index in [-0.39, 0.29) is 62.5 Å². The molecule has 1 N–H and O–H groups in total. The van der Waals surface area contributed by atoms with E-state index in [9.17, 15) is 19.6 Å². The Morgan fingerprint density at radius 1 is 1.06 bits per heavy atom. The molecule has 2 aliphatic heterocycles. The van der Waals surface area contributed by atoms with Gasteiger partial charge in [-0.2, -0.15) is 10.4 Å². The summed E-state index contributed by atoms with van der Waals surface area (Å²) >= 11 is 0.847. The third-order valence-corrected chi connectivity index (χ3v) is 9.41. The number of ether oxygens (including phenoxy) is 2. The number of aryl methyl sites for hydroxylation is 1. The first-order chi connectivity index (χ1) is 22.5. The molecule has 4 heterocycles. The number of hydrogen-bond donors (Lipinski definition) is 1. The molecule has 4 aromatic rings. The Morgan fingerprint density at radius 2 is 1.77 bits per heavy atom. The van der Waals surface area contributed by atoms with Crippen LogP contribution in [0.2, 0.25) is 0 Å². The highest BCUT2D eigenvalue weighted by atomic mass is 32.1. The van der Waals surface area contributed by atoms with E-state index in [2.05, 4.69) is 10.4 Å². The molecule has 1 saturated heterocycles. The molecule has 0 saturated carbocycles. The van der Waals surface area contributed by atoms with E-state index in [4.69, 9.17) is 9.47 Å². The number of carbonyl (C=O) groups is 3. The van der Waals surface area contributed by atoms with Gasteiger partial charge in [0.25, 0.3) is 5.91 Å². The minimum absolute atomic E-state index is 0.0451. The number of amides is 3. The highest BCUT2D eigenvalue weighted by molar-refractivity contribution is 7.23. The van der Waals surface area contributed by atoms with Crippen LogP contribution in [0.4, 0.5) is 23.4 Å². The summed E-state index contributed by atoms with van der Waals surface area (Å²) < 4.78 is 44.3. The number of nitriles is 1. The van der Waals surface area contributed by atoms with E-state index >= 15 is 8.78 Å².